The zero-order chi connectivity index (χ0) is 11.0. The Morgan fingerprint density at radius 1 is 1.31 bits per heavy atom. The summed E-state index contributed by atoms with van der Waals surface area (Å²) in [7, 11) is 0. The van der Waals surface area contributed by atoms with Crippen LogP contribution < -0.4 is 10.2 Å². The normalized spacial score (nSPS) is 29.2. The summed E-state index contributed by atoms with van der Waals surface area (Å²) < 4.78 is 1.18. The van der Waals surface area contributed by atoms with Crippen LogP contribution in [0.2, 0.25) is 0 Å². The molecule has 2 aliphatic rings. The van der Waals surface area contributed by atoms with Gasteiger partial charge in [-0.1, -0.05) is 22.0 Å². The number of piperidine rings is 1. The molecule has 0 spiro atoms. The highest BCUT2D eigenvalue weighted by molar-refractivity contribution is 9.10. The third-order valence-electron chi connectivity index (χ3n) is 3.77. The first-order valence-corrected chi connectivity index (χ1v) is 6.89. The Kier molecular flexibility index (Phi) is 2.90. The number of nitrogens with one attached hydrogen (secondary N) is 1. The van der Waals surface area contributed by atoms with Gasteiger partial charge in [0, 0.05) is 28.8 Å². The minimum atomic E-state index is 0.711. The zero-order valence-electron chi connectivity index (χ0n) is 9.32. The Morgan fingerprint density at radius 2 is 2.25 bits per heavy atom. The minimum absolute atomic E-state index is 0.711. The molecule has 3 heteroatoms. The Morgan fingerprint density at radius 3 is 3.12 bits per heavy atom. The molecule has 86 valence electrons. The molecule has 1 aromatic carbocycles. The van der Waals surface area contributed by atoms with Crippen molar-refractivity contribution in [3.8, 4) is 0 Å². The lowest BCUT2D eigenvalue weighted by molar-refractivity contribution is 0.412. The molecule has 0 bridgehead atoms. The Hall–Kier alpha value is -0.540. The van der Waals surface area contributed by atoms with E-state index in [1.807, 2.05) is 0 Å². The second kappa shape index (κ2) is 4.38. The smallest absolute Gasteiger partial charge is 0.0455 e. The lowest BCUT2D eigenvalue weighted by Crippen LogP contribution is -2.48. The van der Waals surface area contributed by atoms with Crippen LogP contribution >= 0.6 is 15.9 Å². The predicted octanol–water partition coefficient (Wildman–Crippen LogP) is 2.78. The van der Waals surface area contributed by atoms with Crippen LogP contribution in [0.1, 0.15) is 19.3 Å². The van der Waals surface area contributed by atoms with E-state index >= 15 is 0 Å². The quantitative estimate of drug-likeness (QED) is 0.851. The van der Waals surface area contributed by atoms with E-state index in [-0.39, 0.29) is 0 Å². The summed E-state index contributed by atoms with van der Waals surface area (Å²) >= 11 is 3.56. The number of hydrogen-bond donors (Lipinski definition) is 1. The van der Waals surface area contributed by atoms with Crippen molar-refractivity contribution < 1.29 is 0 Å². The number of hydrogen-bond acceptors (Lipinski definition) is 2. The van der Waals surface area contributed by atoms with Crippen LogP contribution in [0.25, 0.3) is 0 Å². The zero-order valence-corrected chi connectivity index (χ0v) is 10.9. The average Bonchev–Trinajstić information content (AvgIpc) is 2.76. The summed E-state index contributed by atoms with van der Waals surface area (Å²) in [6.45, 7) is 2.39. The van der Waals surface area contributed by atoms with Crippen LogP contribution in [0.3, 0.4) is 0 Å². The third kappa shape index (κ3) is 1.87. The van der Waals surface area contributed by atoms with E-state index in [1.165, 1.54) is 42.5 Å². The van der Waals surface area contributed by atoms with Crippen molar-refractivity contribution in [1.82, 2.24) is 5.32 Å². The fraction of sp³-hybridized carbons (Fsp3) is 0.538. The van der Waals surface area contributed by atoms with Gasteiger partial charge >= 0.3 is 0 Å². The molecule has 0 aliphatic carbocycles. The van der Waals surface area contributed by atoms with E-state index in [0.29, 0.717) is 12.1 Å². The van der Waals surface area contributed by atoms with Crippen LogP contribution in [-0.4, -0.2) is 25.2 Å². The van der Waals surface area contributed by atoms with Crippen molar-refractivity contribution in [2.24, 2.45) is 0 Å². The number of benzene rings is 1. The summed E-state index contributed by atoms with van der Waals surface area (Å²) in [5.74, 6) is 0. The fourth-order valence-electron chi connectivity index (χ4n) is 3.04. The molecule has 2 aliphatic heterocycles. The average molecular weight is 281 g/mol. The van der Waals surface area contributed by atoms with Crippen LogP contribution in [0.5, 0.6) is 0 Å². The summed E-state index contributed by atoms with van der Waals surface area (Å²) in [5, 5.41) is 3.62. The first kappa shape index (κ1) is 10.6. The second-order valence-electron chi connectivity index (χ2n) is 4.73. The fourth-order valence-corrected chi connectivity index (χ4v) is 3.43. The van der Waals surface area contributed by atoms with Crippen molar-refractivity contribution in [3.63, 3.8) is 0 Å². The molecule has 1 aromatic rings. The van der Waals surface area contributed by atoms with Crippen molar-refractivity contribution >= 4 is 21.6 Å². The van der Waals surface area contributed by atoms with Gasteiger partial charge < -0.3 is 10.2 Å². The molecule has 2 atom stereocenters. The van der Waals surface area contributed by atoms with Gasteiger partial charge in [0.05, 0.1) is 0 Å². The van der Waals surface area contributed by atoms with Gasteiger partial charge in [-0.15, -0.1) is 0 Å². The highest BCUT2D eigenvalue weighted by atomic mass is 79.9. The maximum absolute atomic E-state index is 3.62. The van der Waals surface area contributed by atoms with E-state index in [9.17, 15) is 0 Å². The molecule has 3 rings (SSSR count). The molecule has 2 unspecified atom stereocenters. The summed E-state index contributed by atoms with van der Waals surface area (Å²) in [6, 6.07) is 10.1. The molecule has 1 N–H and O–H groups in total. The Bertz CT molecular complexity index is 380. The minimum Gasteiger partial charge on any atom is -0.367 e. The van der Waals surface area contributed by atoms with Gasteiger partial charge in [-0.2, -0.15) is 0 Å². The lowest BCUT2D eigenvalue weighted by atomic mass is 9.97. The molecule has 0 amide bonds. The molecule has 2 heterocycles. The monoisotopic (exact) mass is 280 g/mol. The number of fused-ring (bicyclic) bond motifs is 1. The molecule has 2 saturated heterocycles. The number of rotatable bonds is 1. The largest absolute Gasteiger partial charge is 0.367 e. The first-order chi connectivity index (χ1) is 7.84. The van der Waals surface area contributed by atoms with E-state index in [1.54, 1.807) is 0 Å². The van der Waals surface area contributed by atoms with Crippen LogP contribution in [0.4, 0.5) is 5.69 Å². The first-order valence-electron chi connectivity index (χ1n) is 6.10. The van der Waals surface area contributed by atoms with E-state index in [0.717, 1.165) is 0 Å². The summed E-state index contributed by atoms with van der Waals surface area (Å²) in [5.41, 5.74) is 1.37. The second-order valence-corrected chi connectivity index (χ2v) is 5.65. The van der Waals surface area contributed by atoms with E-state index < -0.39 is 0 Å². The van der Waals surface area contributed by atoms with Crippen LogP contribution in [0, 0.1) is 0 Å². The van der Waals surface area contributed by atoms with Gasteiger partial charge in [0.2, 0.25) is 0 Å². The molecular formula is C13H17BrN2. The molecule has 2 nitrogen and oxygen atoms in total. The lowest BCUT2D eigenvalue weighted by Gasteiger charge is -2.39. The van der Waals surface area contributed by atoms with Gasteiger partial charge in [-0.3, -0.25) is 0 Å². The van der Waals surface area contributed by atoms with Crippen molar-refractivity contribution in [2.45, 2.75) is 31.3 Å². The van der Waals surface area contributed by atoms with Crippen LogP contribution in [0.15, 0.2) is 28.7 Å². The number of anilines is 1. The van der Waals surface area contributed by atoms with Gasteiger partial charge in [0.25, 0.3) is 0 Å². The molecular weight excluding hydrogens is 264 g/mol. The van der Waals surface area contributed by atoms with Gasteiger partial charge in [0.15, 0.2) is 0 Å². The molecule has 0 radical (unpaired) electrons. The topological polar surface area (TPSA) is 15.3 Å². The third-order valence-corrected chi connectivity index (χ3v) is 4.26. The van der Waals surface area contributed by atoms with E-state index in [4.69, 9.17) is 0 Å². The maximum atomic E-state index is 3.62. The molecule has 0 saturated carbocycles. The SMILES string of the molecule is Brc1cccc(N2CCCC3NCCC32)c1. The molecule has 0 aromatic heterocycles. The number of halogens is 1. The predicted molar refractivity (Wildman–Crippen MR) is 70.9 cm³/mol. The number of nitrogens with zero attached hydrogens (tertiary/aromatic N) is 1. The Labute approximate surface area is 105 Å². The standard InChI is InChI=1S/C13H17BrN2/c14-10-3-1-4-11(9-10)16-8-2-5-12-13(16)6-7-15-12/h1,3-4,9,12-13,15H,2,5-8H2. The molecule has 16 heavy (non-hydrogen) atoms. The van der Waals surface area contributed by atoms with Crippen molar-refractivity contribution in [1.29, 1.82) is 0 Å². The van der Waals surface area contributed by atoms with Gasteiger partial charge in [0.1, 0.15) is 0 Å². The summed E-state index contributed by atoms with van der Waals surface area (Å²) in [6.07, 6.45) is 3.94. The highest BCUT2D eigenvalue weighted by Crippen LogP contribution is 2.30. The maximum Gasteiger partial charge on any atom is 0.0455 e. The molecule has 2 fully saturated rings. The van der Waals surface area contributed by atoms with E-state index in [2.05, 4.69) is 50.4 Å². The van der Waals surface area contributed by atoms with Gasteiger partial charge in [-0.25, -0.2) is 0 Å². The van der Waals surface area contributed by atoms with Crippen LogP contribution in [-0.2, 0) is 0 Å². The Balaban J connectivity index is 1.88. The van der Waals surface area contributed by atoms with Crippen molar-refractivity contribution in [3.05, 3.63) is 28.7 Å². The van der Waals surface area contributed by atoms with Crippen molar-refractivity contribution in [2.75, 3.05) is 18.0 Å². The van der Waals surface area contributed by atoms with Gasteiger partial charge in [-0.05, 0) is 44.0 Å². The summed E-state index contributed by atoms with van der Waals surface area (Å²) in [4.78, 5) is 2.58. The highest BCUT2D eigenvalue weighted by Gasteiger charge is 2.34.